The summed E-state index contributed by atoms with van der Waals surface area (Å²) >= 11 is 0. The van der Waals surface area contributed by atoms with E-state index in [0.717, 1.165) is 5.56 Å². The lowest BCUT2D eigenvalue weighted by Gasteiger charge is -2.12. The Labute approximate surface area is 69.4 Å². The van der Waals surface area contributed by atoms with Crippen LogP contribution in [0.25, 0.3) is 0 Å². The molecule has 0 aromatic heterocycles. The van der Waals surface area contributed by atoms with Crippen LogP contribution in [0, 0.1) is 0 Å². The number of benzene rings is 1. The van der Waals surface area contributed by atoms with E-state index in [0.29, 0.717) is 11.8 Å². The summed E-state index contributed by atoms with van der Waals surface area (Å²) in [5.41, 5.74) is -0.288. The lowest BCUT2D eigenvalue weighted by atomic mass is 10.0. The average Bonchev–Trinajstić information content (AvgIpc) is 2.46. The largest absolute Gasteiger partial charge is 0.360 e. The molecule has 2 rings (SSSR count). The zero-order valence-corrected chi connectivity index (χ0v) is 6.27. The van der Waals surface area contributed by atoms with Gasteiger partial charge in [0.1, 0.15) is 0 Å². The third-order valence-corrected chi connectivity index (χ3v) is 1.92. The van der Waals surface area contributed by atoms with E-state index in [1.165, 1.54) is 6.21 Å². The molecule has 12 heavy (non-hydrogen) atoms. The van der Waals surface area contributed by atoms with Crippen LogP contribution in [-0.2, 0) is 10.5 Å². The maximum Gasteiger partial charge on any atom is 0.240 e. The summed E-state index contributed by atoms with van der Waals surface area (Å²) in [7, 11) is 0. The number of fused-ring (bicyclic) bond motifs is 1. The third-order valence-electron chi connectivity index (χ3n) is 1.92. The third kappa shape index (κ3) is 0.801. The molecule has 1 heterocycles. The second kappa shape index (κ2) is 2.25. The van der Waals surface area contributed by atoms with Crippen LogP contribution in [0.4, 0.5) is 0 Å². The molecule has 0 spiro atoms. The fourth-order valence-electron chi connectivity index (χ4n) is 1.28. The summed E-state index contributed by atoms with van der Waals surface area (Å²) in [5, 5.41) is 9.59. The number of hydrogen-bond acceptors (Lipinski definition) is 3. The number of carbonyl (C=O) groups is 1. The van der Waals surface area contributed by atoms with Crippen molar-refractivity contribution >= 4 is 12.5 Å². The highest BCUT2D eigenvalue weighted by Crippen LogP contribution is 2.27. The Morgan fingerprint density at radius 2 is 2.17 bits per heavy atom. The fraction of sp³-hybridized carbons (Fsp3) is 0.111. The first-order valence-corrected chi connectivity index (χ1v) is 3.60. The molecule has 1 unspecified atom stereocenters. The van der Waals surface area contributed by atoms with E-state index in [2.05, 4.69) is 4.99 Å². The van der Waals surface area contributed by atoms with E-state index in [-0.39, 0.29) is 0 Å². The Morgan fingerprint density at radius 3 is 2.92 bits per heavy atom. The second-order valence-electron chi connectivity index (χ2n) is 2.69. The van der Waals surface area contributed by atoms with E-state index >= 15 is 0 Å². The molecule has 3 heteroatoms. The average molecular weight is 161 g/mol. The van der Waals surface area contributed by atoms with Gasteiger partial charge in [0.05, 0.1) is 0 Å². The van der Waals surface area contributed by atoms with Crippen molar-refractivity contribution in [2.75, 3.05) is 0 Å². The van der Waals surface area contributed by atoms with Gasteiger partial charge in [-0.15, -0.1) is 0 Å². The molecule has 1 aliphatic heterocycles. The van der Waals surface area contributed by atoms with Crippen LogP contribution in [0.2, 0.25) is 0 Å². The summed E-state index contributed by atoms with van der Waals surface area (Å²) in [6.45, 7) is 0. The van der Waals surface area contributed by atoms with Crippen molar-refractivity contribution in [3.8, 4) is 0 Å². The highest BCUT2D eigenvalue weighted by atomic mass is 16.3. The Hall–Kier alpha value is -1.48. The molecule has 1 aromatic rings. The van der Waals surface area contributed by atoms with Crippen molar-refractivity contribution in [1.82, 2.24) is 0 Å². The topological polar surface area (TPSA) is 49.7 Å². The fourth-order valence-corrected chi connectivity index (χ4v) is 1.28. The summed E-state index contributed by atoms with van der Waals surface area (Å²) in [4.78, 5) is 14.2. The van der Waals surface area contributed by atoms with Crippen molar-refractivity contribution < 1.29 is 9.90 Å². The van der Waals surface area contributed by atoms with Crippen molar-refractivity contribution in [1.29, 1.82) is 0 Å². The molecule has 1 atom stereocenters. The molecule has 1 N–H and O–H groups in total. The van der Waals surface area contributed by atoms with Gasteiger partial charge in [-0.3, -0.25) is 4.79 Å². The van der Waals surface area contributed by atoms with Crippen LogP contribution in [0.15, 0.2) is 29.3 Å². The summed E-state index contributed by atoms with van der Waals surface area (Å²) in [5.74, 6) is 0. The molecule has 0 radical (unpaired) electrons. The maximum absolute atomic E-state index is 10.5. The molecule has 0 fully saturated rings. The first-order chi connectivity index (χ1) is 5.76. The first kappa shape index (κ1) is 7.18. The predicted molar refractivity (Wildman–Crippen MR) is 44.0 cm³/mol. The first-order valence-electron chi connectivity index (χ1n) is 3.60. The van der Waals surface area contributed by atoms with Crippen LogP contribution in [0.5, 0.6) is 0 Å². The molecule has 1 aliphatic rings. The smallest absolute Gasteiger partial charge is 0.240 e. The van der Waals surface area contributed by atoms with Gasteiger partial charge in [0.25, 0.3) is 0 Å². The Balaban J connectivity index is 2.63. The van der Waals surface area contributed by atoms with Gasteiger partial charge in [0, 0.05) is 17.3 Å². The van der Waals surface area contributed by atoms with Crippen molar-refractivity contribution in [3.05, 3.63) is 35.4 Å². The summed E-state index contributed by atoms with van der Waals surface area (Å²) in [6, 6.07) is 7.10. The Morgan fingerprint density at radius 1 is 1.42 bits per heavy atom. The molecule has 0 saturated carbocycles. The maximum atomic E-state index is 10.5. The van der Waals surface area contributed by atoms with E-state index in [1.54, 1.807) is 18.2 Å². The SMILES string of the molecule is O=CC1(O)N=Cc2ccccc21. The van der Waals surface area contributed by atoms with Crippen molar-refractivity contribution in [3.63, 3.8) is 0 Å². The zero-order valence-electron chi connectivity index (χ0n) is 6.27. The minimum atomic E-state index is -1.64. The van der Waals surface area contributed by atoms with Gasteiger partial charge in [-0.05, 0) is 0 Å². The number of aliphatic hydroxyl groups is 1. The van der Waals surface area contributed by atoms with Crippen LogP contribution < -0.4 is 0 Å². The number of rotatable bonds is 1. The molecule has 0 saturated heterocycles. The molecular weight excluding hydrogens is 154 g/mol. The Kier molecular flexibility index (Phi) is 1.35. The number of aldehydes is 1. The van der Waals surface area contributed by atoms with Crippen LogP contribution in [-0.4, -0.2) is 17.6 Å². The predicted octanol–water partition coefficient (Wildman–Crippen LogP) is 0.463. The van der Waals surface area contributed by atoms with Gasteiger partial charge < -0.3 is 5.11 Å². The molecular formula is C9H7NO2. The lowest BCUT2D eigenvalue weighted by Crippen LogP contribution is -2.22. The van der Waals surface area contributed by atoms with E-state index in [1.807, 2.05) is 6.07 Å². The van der Waals surface area contributed by atoms with Gasteiger partial charge in [-0.25, -0.2) is 4.99 Å². The highest BCUT2D eigenvalue weighted by Gasteiger charge is 2.33. The molecule has 60 valence electrons. The quantitative estimate of drug-likeness (QED) is 0.608. The van der Waals surface area contributed by atoms with Crippen molar-refractivity contribution in [2.45, 2.75) is 5.72 Å². The van der Waals surface area contributed by atoms with Crippen LogP contribution in [0.3, 0.4) is 0 Å². The van der Waals surface area contributed by atoms with Gasteiger partial charge >= 0.3 is 0 Å². The van der Waals surface area contributed by atoms with Crippen LogP contribution >= 0.6 is 0 Å². The van der Waals surface area contributed by atoms with E-state index in [4.69, 9.17) is 0 Å². The van der Waals surface area contributed by atoms with Gasteiger partial charge in [-0.1, -0.05) is 24.3 Å². The number of hydrogen-bond donors (Lipinski definition) is 1. The summed E-state index contributed by atoms with van der Waals surface area (Å²) < 4.78 is 0. The standard InChI is InChI=1S/C9H7NO2/c11-6-9(12)8-4-2-1-3-7(8)5-10-9/h1-6,12H. The zero-order chi connectivity index (χ0) is 8.60. The number of aliphatic imine (C=N–C) groups is 1. The summed E-state index contributed by atoms with van der Waals surface area (Å²) in [6.07, 6.45) is 1.94. The molecule has 0 bridgehead atoms. The second-order valence-corrected chi connectivity index (χ2v) is 2.69. The van der Waals surface area contributed by atoms with Crippen LogP contribution in [0.1, 0.15) is 11.1 Å². The minimum absolute atomic E-state index is 0.440. The van der Waals surface area contributed by atoms with Gasteiger partial charge in [-0.2, -0.15) is 0 Å². The normalized spacial score (nSPS) is 25.4. The van der Waals surface area contributed by atoms with E-state index < -0.39 is 5.72 Å². The molecule has 1 aromatic carbocycles. The molecule has 0 amide bonds. The molecule has 3 nitrogen and oxygen atoms in total. The van der Waals surface area contributed by atoms with Crippen molar-refractivity contribution in [2.24, 2.45) is 4.99 Å². The molecule has 0 aliphatic carbocycles. The van der Waals surface area contributed by atoms with E-state index in [9.17, 15) is 9.90 Å². The van der Waals surface area contributed by atoms with Gasteiger partial charge in [0.15, 0.2) is 6.29 Å². The highest BCUT2D eigenvalue weighted by molar-refractivity contribution is 5.90. The van der Waals surface area contributed by atoms with Gasteiger partial charge in [0.2, 0.25) is 5.72 Å². The monoisotopic (exact) mass is 161 g/mol. The lowest BCUT2D eigenvalue weighted by molar-refractivity contribution is -0.123. The Bertz CT molecular complexity index is 359. The number of nitrogens with zero attached hydrogens (tertiary/aromatic N) is 1. The number of carbonyl (C=O) groups excluding carboxylic acids is 1. The minimum Gasteiger partial charge on any atom is -0.360 e.